The molecule has 3 saturated heterocycles. The number of piperidine rings is 1. The summed E-state index contributed by atoms with van der Waals surface area (Å²) in [5.41, 5.74) is 0.807. The number of amides is 1. The third-order valence-electron chi connectivity index (χ3n) is 6.38. The van der Waals surface area contributed by atoms with Crippen molar-refractivity contribution in [3.63, 3.8) is 0 Å². The molecule has 1 amide bonds. The maximum absolute atomic E-state index is 12.9. The van der Waals surface area contributed by atoms with Gasteiger partial charge in [0, 0.05) is 39.3 Å². The van der Waals surface area contributed by atoms with Crippen molar-refractivity contribution in [3.8, 4) is 5.75 Å². The molecule has 0 aliphatic carbocycles. The summed E-state index contributed by atoms with van der Waals surface area (Å²) in [6, 6.07) is 7.44. The van der Waals surface area contributed by atoms with E-state index in [9.17, 15) is 9.90 Å². The summed E-state index contributed by atoms with van der Waals surface area (Å²) >= 11 is 0. The van der Waals surface area contributed by atoms with Crippen LogP contribution in [-0.2, 0) is 20.8 Å². The van der Waals surface area contributed by atoms with Crippen molar-refractivity contribution in [3.05, 3.63) is 29.8 Å². The molecule has 6 nitrogen and oxygen atoms in total. The third kappa shape index (κ3) is 4.85. The predicted molar refractivity (Wildman–Crippen MR) is 106 cm³/mol. The fraction of sp³-hybridized carbons (Fsp3) is 0.682. The van der Waals surface area contributed by atoms with Gasteiger partial charge in [0.2, 0.25) is 5.91 Å². The Labute approximate surface area is 167 Å². The summed E-state index contributed by atoms with van der Waals surface area (Å²) in [4.78, 5) is 17.3. The van der Waals surface area contributed by atoms with Crippen LogP contribution in [0.4, 0.5) is 0 Å². The number of nitrogens with zero attached hydrogens (tertiary/aromatic N) is 2. The van der Waals surface area contributed by atoms with E-state index in [-0.39, 0.29) is 17.6 Å². The number of hydrogen-bond donors (Lipinski definition) is 1. The molecule has 3 aliphatic heterocycles. The number of rotatable bonds is 4. The first-order valence-corrected chi connectivity index (χ1v) is 10.7. The lowest BCUT2D eigenvalue weighted by molar-refractivity contribution is -0.137. The molecule has 1 spiro atoms. The van der Waals surface area contributed by atoms with Crippen LogP contribution in [0.2, 0.25) is 0 Å². The van der Waals surface area contributed by atoms with Gasteiger partial charge in [-0.1, -0.05) is 12.1 Å². The van der Waals surface area contributed by atoms with E-state index < -0.39 is 0 Å². The summed E-state index contributed by atoms with van der Waals surface area (Å²) in [6.07, 6.45) is 5.82. The van der Waals surface area contributed by atoms with Crippen molar-refractivity contribution in [2.45, 2.75) is 56.8 Å². The van der Waals surface area contributed by atoms with E-state index >= 15 is 0 Å². The van der Waals surface area contributed by atoms with Gasteiger partial charge in [0.15, 0.2) is 0 Å². The lowest BCUT2D eigenvalue weighted by Crippen LogP contribution is -2.47. The van der Waals surface area contributed by atoms with Crippen LogP contribution in [0.1, 0.15) is 44.1 Å². The zero-order valence-corrected chi connectivity index (χ0v) is 16.6. The van der Waals surface area contributed by atoms with E-state index in [0.29, 0.717) is 31.9 Å². The van der Waals surface area contributed by atoms with Crippen LogP contribution in [0.5, 0.6) is 5.75 Å². The van der Waals surface area contributed by atoms with Crippen LogP contribution in [0.15, 0.2) is 24.3 Å². The first kappa shape index (κ1) is 19.7. The molecule has 28 heavy (non-hydrogen) atoms. The van der Waals surface area contributed by atoms with E-state index in [2.05, 4.69) is 4.90 Å². The SMILES string of the molecule is O=C1CC2(CCN(Cc3cccc(O)c3)CC2)OCCN1CC1CCCCO1. The normalized spacial score (nSPS) is 26.4. The zero-order chi connectivity index (χ0) is 19.4. The summed E-state index contributed by atoms with van der Waals surface area (Å²) < 4.78 is 12.1. The van der Waals surface area contributed by atoms with Crippen LogP contribution in [0.3, 0.4) is 0 Å². The fourth-order valence-electron chi connectivity index (χ4n) is 4.68. The number of carbonyl (C=O) groups is 1. The molecule has 1 aromatic carbocycles. The smallest absolute Gasteiger partial charge is 0.225 e. The van der Waals surface area contributed by atoms with Crippen molar-refractivity contribution in [1.29, 1.82) is 0 Å². The van der Waals surface area contributed by atoms with E-state index in [0.717, 1.165) is 57.5 Å². The topological polar surface area (TPSA) is 62.2 Å². The molecular formula is C22H32N2O4. The van der Waals surface area contributed by atoms with Gasteiger partial charge in [-0.2, -0.15) is 0 Å². The molecule has 3 aliphatic rings. The number of likely N-dealkylation sites (tertiary alicyclic amines) is 1. The van der Waals surface area contributed by atoms with Crippen LogP contribution in [0, 0.1) is 0 Å². The number of aromatic hydroxyl groups is 1. The highest BCUT2D eigenvalue weighted by atomic mass is 16.5. The second-order valence-electron chi connectivity index (χ2n) is 8.48. The molecule has 1 N–H and O–H groups in total. The Morgan fingerprint density at radius 1 is 1.14 bits per heavy atom. The van der Waals surface area contributed by atoms with E-state index in [1.165, 1.54) is 6.42 Å². The van der Waals surface area contributed by atoms with Gasteiger partial charge in [-0.05, 0) is 49.8 Å². The summed E-state index contributed by atoms with van der Waals surface area (Å²) in [5.74, 6) is 0.527. The van der Waals surface area contributed by atoms with Crippen LogP contribution >= 0.6 is 0 Å². The lowest BCUT2D eigenvalue weighted by atomic mass is 9.87. The largest absolute Gasteiger partial charge is 0.508 e. The number of hydrogen-bond acceptors (Lipinski definition) is 5. The van der Waals surface area contributed by atoms with E-state index in [4.69, 9.17) is 9.47 Å². The van der Waals surface area contributed by atoms with E-state index in [1.54, 1.807) is 6.07 Å². The van der Waals surface area contributed by atoms with Crippen LogP contribution < -0.4 is 0 Å². The minimum absolute atomic E-state index is 0.191. The average Bonchev–Trinajstić information content (AvgIpc) is 2.84. The van der Waals surface area contributed by atoms with Crippen molar-refractivity contribution in [2.75, 3.05) is 39.4 Å². The maximum Gasteiger partial charge on any atom is 0.225 e. The molecule has 3 heterocycles. The minimum atomic E-state index is -0.311. The van der Waals surface area contributed by atoms with Crippen molar-refractivity contribution in [2.24, 2.45) is 0 Å². The highest BCUT2D eigenvalue weighted by Gasteiger charge is 2.41. The van der Waals surface area contributed by atoms with Crippen molar-refractivity contribution >= 4 is 5.91 Å². The Hall–Kier alpha value is -1.63. The second kappa shape index (κ2) is 8.80. The van der Waals surface area contributed by atoms with Gasteiger partial charge in [0.1, 0.15) is 5.75 Å². The quantitative estimate of drug-likeness (QED) is 0.859. The molecule has 6 heteroatoms. The van der Waals surface area contributed by atoms with Crippen LogP contribution in [-0.4, -0.2) is 71.9 Å². The molecule has 1 atom stereocenters. The maximum atomic E-state index is 12.9. The van der Waals surface area contributed by atoms with Crippen LogP contribution in [0.25, 0.3) is 0 Å². The second-order valence-corrected chi connectivity index (χ2v) is 8.48. The Kier molecular flexibility index (Phi) is 6.19. The minimum Gasteiger partial charge on any atom is -0.508 e. The highest BCUT2D eigenvalue weighted by Crippen LogP contribution is 2.33. The Morgan fingerprint density at radius 3 is 2.75 bits per heavy atom. The first-order chi connectivity index (χ1) is 13.6. The monoisotopic (exact) mass is 388 g/mol. The van der Waals surface area contributed by atoms with Gasteiger partial charge >= 0.3 is 0 Å². The average molecular weight is 389 g/mol. The molecule has 1 aromatic rings. The zero-order valence-electron chi connectivity index (χ0n) is 16.6. The van der Waals surface area contributed by atoms with Gasteiger partial charge in [0.25, 0.3) is 0 Å². The van der Waals surface area contributed by atoms with Crippen molar-refractivity contribution in [1.82, 2.24) is 9.80 Å². The number of phenolic OH excluding ortho intramolecular Hbond substituents is 1. The van der Waals surface area contributed by atoms with Gasteiger partial charge in [-0.15, -0.1) is 0 Å². The Balaban J connectivity index is 1.30. The molecule has 3 fully saturated rings. The Bertz CT molecular complexity index is 666. The summed E-state index contributed by atoms with van der Waals surface area (Å²) in [7, 11) is 0. The lowest BCUT2D eigenvalue weighted by Gasteiger charge is -2.40. The van der Waals surface area contributed by atoms with Gasteiger partial charge < -0.3 is 19.5 Å². The van der Waals surface area contributed by atoms with E-state index in [1.807, 2.05) is 23.1 Å². The molecule has 4 rings (SSSR count). The number of ether oxygens (including phenoxy) is 2. The van der Waals surface area contributed by atoms with Gasteiger partial charge in [-0.25, -0.2) is 0 Å². The standard InChI is InChI=1S/C22H32N2O4/c25-19-5-3-4-18(14-19)16-23-9-7-22(8-10-23)15-21(26)24(11-13-28-22)17-20-6-1-2-12-27-20/h3-5,14,20,25H,1-2,6-13,15-17H2. The fourth-order valence-corrected chi connectivity index (χ4v) is 4.68. The Morgan fingerprint density at radius 2 is 2.00 bits per heavy atom. The first-order valence-electron chi connectivity index (χ1n) is 10.7. The summed E-state index contributed by atoms with van der Waals surface area (Å²) in [6.45, 7) is 5.47. The number of phenols is 1. The molecule has 1 unspecified atom stereocenters. The molecular weight excluding hydrogens is 356 g/mol. The third-order valence-corrected chi connectivity index (χ3v) is 6.38. The molecule has 154 valence electrons. The van der Waals surface area contributed by atoms with Crippen molar-refractivity contribution < 1.29 is 19.4 Å². The number of benzene rings is 1. The summed E-state index contributed by atoms with van der Waals surface area (Å²) in [5, 5.41) is 9.65. The molecule has 0 radical (unpaired) electrons. The van der Waals surface area contributed by atoms with Gasteiger partial charge in [0.05, 0.1) is 24.7 Å². The van der Waals surface area contributed by atoms with Gasteiger partial charge in [-0.3, -0.25) is 9.69 Å². The molecule has 0 bridgehead atoms. The number of carbonyl (C=O) groups excluding carboxylic acids is 1. The highest BCUT2D eigenvalue weighted by molar-refractivity contribution is 5.77. The molecule has 0 aromatic heterocycles. The molecule has 0 saturated carbocycles. The predicted octanol–water partition coefficient (Wildman–Crippen LogP) is 2.54.